The zero-order valence-corrected chi connectivity index (χ0v) is 11.7. The van der Waals surface area contributed by atoms with E-state index in [2.05, 4.69) is 44.5 Å². The monoisotopic (exact) mass is 284 g/mol. The maximum Gasteiger partial charge on any atom is 0.219 e. The largest absolute Gasteiger partial charge is 0.378 e. The Kier molecular flexibility index (Phi) is 3.43. The highest BCUT2D eigenvalue weighted by Gasteiger charge is 2.23. The summed E-state index contributed by atoms with van der Waals surface area (Å²) in [5, 5.41) is 10.2. The van der Waals surface area contributed by atoms with E-state index in [0.29, 0.717) is 12.2 Å². The highest BCUT2D eigenvalue weighted by molar-refractivity contribution is 5.92. The number of nitrogens with one attached hydrogen (secondary N) is 1. The van der Waals surface area contributed by atoms with Gasteiger partial charge in [0, 0.05) is 18.2 Å². The molecule has 0 radical (unpaired) electrons. The van der Waals surface area contributed by atoms with Crippen molar-refractivity contribution in [2.45, 2.75) is 25.7 Å². The molecule has 6 nitrogen and oxygen atoms in total. The van der Waals surface area contributed by atoms with E-state index in [1.165, 1.54) is 5.56 Å². The number of aryl methyl sites for hydroxylation is 1. The topological polar surface area (TPSA) is 94.0 Å². The molecule has 1 aliphatic carbocycles. The van der Waals surface area contributed by atoms with E-state index in [-0.39, 0.29) is 17.5 Å². The highest BCUT2D eigenvalue weighted by atomic mass is 16.6. The van der Waals surface area contributed by atoms with E-state index in [1.54, 1.807) is 6.08 Å². The first-order chi connectivity index (χ1) is 10.1. The number of nitrogens with zero attached hydrogens (tertiary/aromatic N) is 2. The summed E-state index contributed by atoms with van der Waals surface area (Å²) < 4.78 is 4.54. The molecular weight excluding hydrogens is 268 g/mol. The number of benzene rings is 1. The Morgan fingerprint density at radius 3 is 2.67 bits per heavy atom. The fourth-order valence-corrected chi connectivity index (χ4v) is 2.49. The molecule has 0 unspecified atom stereocenters. The number of rotatable bonds is 3. The van der Waals surface area contributed by atoms with Gasteiger partial charge in [-0.25, -0.2) is 4.63 Å². The van der Waals surface area contributed by atoms with E-state index in [0.717, 1.165) is 17.7 Å². The number of hydrogen-bond donors (Lipinski definition) is 2. The van der Waals surface area contributed by atoms with Crippen LogP contribution in [0, 0.1) is 6.92 Å². The Morgan fingerprint density at radius 2 is 2.00 bits per heavy atom. The molecule has 0 saturated carbocycles. The lowest BCUT2D eigenvalue weighted by atomic mass is 9.85. The first kappa shape index (κ1) is 13.4. The molecule has 0 amide bonds. The van der Waals surface area contributed by atoms with Gasteiger partial charge in [-0.3, -0.25) is 4.79 Å². The van der Waals surface area contributed by atoms with Gasteiger partial charge >= 0.3 is 0 Å². The van der Waals surface area contributed by atoms with Crippen molar-refractivity contribution in [2.24, 2.45) is 0 Å². The average Bonchev–Trinajstić information content (AvgIpc) is 2.84. The van der Waals surface area contributed by atoms with Crippen molar-refractivity contribution in [1.82, 2.24) is 10.3 Å². The first-order valence-corrected chi connectivity index (χ1v) is 6.77. The van der Waals surface area contributed by atoms with Crippen LogP contribution in [0.4, 0.5) is 11.6 Å². The Morgan fingerprint density at radius 1 is 1.24 bits per heavy atom. The number of anilines is 2. The van der Waals surface area contributed by atoms with Crippen molar-refractivity contribution in [3.63, 3.8) is 0 Å². The summed E-state index contributed by atoms with van der Waals surface area (Å²) in [7, 11) is 0. The van der Waals surface area contributed by atoms with E-state index in [4.69, 9.17) is 5.73 Å². The fraction of sp³-hybridized carbons (Fsp3) is 0.267. The second-order valence-corrected chi connectivity index (χ2v) is 5.27. The van der Waals surface area contributed by atoms with Crippen molar-refractivity contribution in [3.05, 3.63) is 47.2 Å². The number of nitrogen functional groups attached to an aromatic ring is 1. The fourth-order valence-electron chi connectivity index (χ4n) is 2.49. The minimum atomic E-state index is 0.0874. The molecular formula is C15H16N4O2. The molecule has 0 saturated heterocycles. The zero-order valence-electron chi connectivity index (χ0n) is 11.7. The van der Waals surface area contributed by atoms with Crippen molar-refractivity contribution in [2.75, 3.05) is 11.1 Å². The molecule has 21 heavy (non-hydrogen) atoms. The third kappa shape index (κ3) is 2.94. The zero-order chi connectivity index (χ0) is 14.8. The first-order valence-electron chi connectivity index (χ1n) is 6.77. The molecule has 6 heteroatoms. The van der Waals surface area contributed by atoms with Crippen molar-refractivity contribution in [3.8, 4) is 0 Å². The number of carbonyl (C=O) groups excluding carboxylic acids is 1. The van der Waals surface area contributed by atoms with E-state index < -0.39 is 0 Å². The molecule has 0 aliphatic heterocycles. The second kappa shape index (κ2) is 5.40. The van der Waals surface area contributed by atoms with Gasteiger partial charge in [-0.2, -0.15) is 0 Å². The SMILES string of the molecule is Cc1ccc([C@@H]2CC(=O)C=C(Nc3nonc3N)C2)cc1. The summed E-state index contributed by atoms with van der Waals surface area (Å²) in [4.78, 5) is 11.9. The predicted octanol–water partition coefficient (Wildman–Crippen LogP) is 2.40. The number of aromatic nitrogens is 2. The van der Waals surface area contributed by atoms with Crippen LogP contribution >= 0.6 is 0 Å². The highest BCUT2D eigenvalue weighted by Crippen LogP contribution is 2.32. The smallest absolute Gasteiger partial charge is 0.219 e. The normalized spacial score (nSPS) is 18.4. The molecule has 1 heterocycles. The van der Waals surface area contributed by atoms with Gasteiger partial charge in [0.15, 0.2) is 5.78 Å². The lowest BCUT2D eigenvalue weighted by molar-refractivity contribution is -0.115. The summed E-state index contributed by atoms with van der Waals surface area (Å²) in [6.45, 7) is 2.04. The quantitative estimate of drug-likeness (QED) is 0.898. The van der Waals surface area contributed by atoms with Crippen LogP contribution in [0.1, 0.15) is 29.9 Å². The van der Waals surface area contributed by atoms with Gasteiger partial charge in [0.2, 0.25) is 11.6 Å². The maximum atomic E-state index is 11.9. The number of carbonyl (C=O) groups is 1. The Bertz CT molecular complexity index is 688. The van der Waals surface area contributed by atoms with Crippen molar-refractivity contribution >= 4 is 17.4 Å². The van der Waals surface area contributed by atoms with Gasteiger partial charge < -0.3 is 11.1 Å². The molecule has 1 aliphatic rings. The summed E-state index contributed by atoms with van der Waals surface area (Å²) in [5.74, 6) is 0.774. The average molecular weight is 284 g/mol. The lowest BCUT2D eigenvalue weighted by Crippen LogP contribution is -2.17. The van der Waals surface area contributed by atoms with Gasteiger partial charge in [0.05, 0.1) is 0 Å². The van der Waals surface area contributed by atoms with Crippen LogP contribution in [0.2, 0.25) is 0 Å². The molecule has 3 rings (SSSR count). The predicted molar refractivity (Wildman–Crippen MR) is 78.6 cm³/mol. The maximum absolute atomic E-state index is 11.9. The van der Waals surface area contributed by atoms with Gasteiger partial charge in [0.25, 0.3) is 0 Å². The second-order valence-electron chi connectivity index (χ2n) is 5.27. The van der Waals surface area contributed by atoms with E-state index in [9.17, 15) is 4.79 Å². The van der Waals surface area contributed by atoms with Gasteiger partial charge in [-0.05, 0) is 35.1 Å². The van der Waals surface area contributed by atoms with Gasteiger partial charge in [0.1, 0.15) is 0 Å². The minimum absolute atomic E-state index is 0.0874. The van der Waals surface area contributed by atoms with Crippen LogP contribution in [-0.2, 0) is 4.79 Å². The van der Waals surface area contributed by atoms with Crippen molar-refractivity contribution in [1.29, 1.82) is 0 Å². The Labute approximate surface area is 122 Å². The minimum Gasteiger partial charge on any atom is -0.378 e. The van der Waals surface area contributed by atoms with Crippen LogP contribution in [0.5, 0.6) is 0 Å². The van der Waals surface area contributed by atoms with E-state index >= 15 is 0 Å². The summed E-state index contributed by atoms with van der Waals surface area (Å²) in [6, 6.07) is 8.26. The van der Waals surface area contributed by atoms with Gasteiger partial charge in [-0.1, -0.05) is 29.8 Å². The number of allylic oxidation sites excluding steroid dienone is 2. The Hall–Kier alpha value is -2.63. The summed E-state index contributed by atoms with van der Waals surface area (Å²) in [5.41, 5.74) is 8.75. The molecule has 2 aromatic rings. The molecule has 0 fully saturated rings. The molecule has 1 aromatic heterocycles. The standard InChI is InChI=1S/C15H16N4O2/c1-9-2-4-10(5-3-9)11-6-12(8-13(20)7-11)17-15-14(16)18-21-19-15/h2-5,8,11H,6-7H2,1H3,(H2,16,18)(H,17,19)/t11-/m0/s1. The molecule has 1 aromatic carbocycles. The molecule has 1 atom stereocenters. The number of nitrogens with two attached hydrogens (primary N) is 1. The molecule has 0 bridgehead atoms. The lowest BCUT2D eigenvalue weighted by Gasteiger charge is -2.22. The van der Waals surface area contributed by atoms with Crippen LogP contribution in [0.3, 0.4) is 0 Å². The summed E-state index contributed by atoms with van der Waals surface area (Å²) >= 11 is 0. The van der Waals surface area contributed by atoms with Crippen LogP contribution < -0.4 is 11.1 Å². The van der Waals surface area contributed by atoms with Crippen LogP contribution in [-0.4, -0.2) is 16.1 Å². The van der Waals surface area contributed by atoms with Crippen LogP contribution in [0.25, 0.3) is 0 Å². The third-order valence-corrected chi connectivity index (χ3v) is 3.59. The number of ketones is 1. The molecule has 108 valence electrons. The Balaban J connectivity index is 1.79. The third-order valence-electron chi connectivity index (χ3n) is 3.59. The number of hydrogen-bond acceptors (Lipinski definition) is 6. The van der Waals surface area contributed by atoms with E-state index in [1.807, 2.05) is 6.92 Å². The van der Waals surface area contributed by atoms with Gasteiger partial charge in [-0.15, -0.1) is 0 Å². The van der Waals surface area contributed by atoms with Crippen molar-refractivity contribution < 1.29 is 9.42 Å². The van der Waals surface area contributed by atoms with Crippen LogP contribution in [0.15, 0.2) is 40.7 Å². The molecule has 3 N–H and O–H groups in total. The summed E-state index contributed by atoms with van der Waals surface area (Å²) in [6.07, 6.45) is 2.83. The molecule has 0 spiro atoms.